The van der Waals surface area contributed by atoms with E-state index in [4.69, 9.17) is 9.47 Å². The van der Waals surface area contributed by atoms with Crippen molar-refractivity contribution in [2.75, 3.05) is 13.7 Å². The molecule has 280 valence electrons. The fourth-order valence-corrected chi connectivity index (χ4v) is 10.9. The highest BCUT2D eigenvalue weighted by molar-refractivity contribution is 5.97. The number of benzene rings is 7. The van der Waals surface area contributed by atoms with Gasteiger partial charge in [0.15, 0.2) is 0 Å². The molecule has 4 aliphatic rings. The Labute approximate surface area is 336 Å². The molecule has 0 fully saturated rings. The van der Waals surface area contributed by atoms with E-state index < -0.39 is 0 Å². The molecular formula is C55H48O2. The lowest BCUT2D eigenvalue weighted by atomic mass is 9.66. The van der Waals surface area contributed by atoms with Gasteiger partial charge in [-0.1, -0.05) is 167 Å². The van der Waals surface area contributed by atoms with Gasteiger partial charge in [0, 0.05) is 34.8 Å². The molecule has 0 radical (unpaired) electrons. The number of methoxy groups -OCH3 is 1. The highest BCUT2D eigenvalue weighted by Crippen LogP contribution is 2.62. The van der Waals surface area contributed by atoms with E-state index in [0.29, 0.717) is 36.2 Å². The molecule has 0 amide bonds. The third kappa shape index (κ3) is 5.37. The first-order valence-corrected chi connectivity index (χ1v) is 21.1. The van der Waals surface area contributed by atoms with Gasteiger partial charge in [-0.2, -0.15) is 0 Å². The van der Waals surface area contributed by atoms with Gasteiger partial charge in [-0.3, -0.25) is 0 Å². The average molecular weight is 741 g/mol. The van der Waals surface area contributed by atoms with Crippen molar-refractivity contribution in [3.8, 4) is 11.5 Å². The zero-order valence-corrected chi connectivity index (χ0v) is 33.1. The van der Waals surface area contributed by atoms with Crippen molar-refractivity contribution in [2.24, 2.45) is 5.92 Å². The lowest BCUT2D eigenvalue weighted by Crippen LogP contribution is -2.22. The van der Waals surface area contributed by atoms with Gasteiger partial charge in [-0.25, -0.2) is 0 Å². The van der Waals surface area contributed by atoms with Gasteiger partial charge in [0.25, 0.3) is 0 Å². The SMILES string of the molecule is CCCCC(CC)COc1cc(/C=C\c2ccc3c(c2)C2c4cccc5cccc(c45)C32)c(OC)cc1/C=C/c1ccc2c(c1)C1c3cccc4cccc(c34)C21. The Morgan fingerprint density at radius 2 is 0.982 bits per heavy atom. The second-order valence-corrected chi connectivity index (χ2v) is 16.8. The van der Waals surface area contributed by atoms with Crippen LogP contribution in [0.25, 0.3) is 45.8 Å². The Balaban J connectivity index is 0.900. The van der Waals surface area contributed by atoms with Gasteiger partial charge in [0.1, 0.15) is 11.5 Å². The van der Waals surface area contributed by atoms with Crippen molar-refractivity contribution in [1.29, 1.82) is 0 Å². The Bertz CT molecular complexity index is 2790. The van der Waals surface area contributed by atoms with Crippen LogP contribution in [0.4, 0.5) is 0 Å². The number of unbranched alkanes of at least 4 members (excludes halogenated alkanes) is 1. The summed E-state index contributed by atoms with van der Waals surface area (Å²) in [4.78, 5) is 0. The summed E-state index contributed by atoms with van der Waals surface area (Å²) in [5, 5.41) is 5.63. The third-order valence-corrected chi connectivity index (χ3v) is 13.8. The zero-order chi connectivity index (χ0) is 38.2. The van der Waals surface area contributed by atoms with Crippen molar-refractivity contribution < 1.29 is 9.47 Å². The molecule has 0 bridgehead atoms. The van der Waals surface area contributed by atoms with Crippen LogP contribution in [-0.4, -0.2) is 13.7 Å². The van der Waals surface area contributed by atoms with Gasteiger partial charge >= 0.3 is 0 Å². The summed E-state index contributed by atoms with van der Waals surface area (Å²) in [5.74, 6) is 4.11. The molecule has 0 aromatic heterocycles. The average Bonchev–Trinajstić information content (AvgIpc) is 3.69. The van der Waals surface area contributed by atoms with Gasteiger partial charge < -0.3 is 9.47 Å². The maximum atomic E-state index is 6.76. The van der Waals surface area contributed by atoms with Crippen molar-refractivity contribution in [1.82, 2.24) is 0 Å². The van der Waals surface area contributed by atoms with E-state index in [2.05, 4.69) is 159 Å². The van der Waals surface area contributed by atoms with Crippen molar-refractivity contribution >= 4 is 45.8 Å². The van der Waals surface area contributed by atoms with Crippen LogP contribution in [0.5, 0.6) is 11.5 Å². The smallest absolute Gasteiger partial charge is 0.127 e. The first-order valence-electron chi connectivity index (χ1n) is 21.1. The van der Waals surface area contributed by atoms with Crippen molar-refractivity contribution in [2.45, 2.75) is 63.2 Å². The monoisotopic (exact) mass is 740 g/mol. The number of fused-ring (bicyclic) bond motifs is 12. The molecule has 5 unspecified atom stereocenters. The predicted octanol–water partition coefficient (Wildman–Crippen LogP) is 14.1. The molecule has 7 aromatic carbocycles. The molecule has 5 atom stereocenters. The molecule has 0 heterocycles. The summed E-state index contributed by atoms with van der Waals surface area (Å²) in [5.41, 5.74) is 16.3. The Morgan fingerprint density at radius 3 is 1.46 bits per heavy atom. The summed E-state index contributed by atoms with van der Waals surface area (Å²) in [6, 6.07) is 45.6. The molecule has 2 heteroatoms. The minimum absolute atomic E-state index is 0.445. The molecule has 0 saturated carbocycles. The third-order valence-electron chi connectivity index (χ3n) is 13.8. The topological polar surface area (TPSA) is 18.5 Å². The molecule has 0 aliphatic heterocycles. The van der Waals surface area contributed by atoms with Crippen LogP contribution in [0.3, 0.4) is 0 Å². The van der Waals surface area contributed by atoms with Crippen molar-refractivity contribution in [3.63, 3.8) is 0 Å². The van der Waals surface area contributed by atoms with Crippen LogP contribution in [0.15, 0.2) is 121 Å². The predicted molar refractivity (Wildman–Crippen MR) is 238 cm³/mol. The molecule has 11 rings (SSSR count). The normalized spacial score (nSPS) is 19.6. The highest BCUT2D eigenvalue weighted by Gasteiger charge is 2.46. The standard InChI is InChI=1S/C55H48O2/c1-4-6-11-33(5-2)32-57-49-31-38(24-20-34-22-26-40-46(28-34)54-44-18-9-14-36-12-7-16-42(50(36)44)52(40)54)48(56-3)30-39(49)25-21-35-23-27-41-47(29-35)55-45-19-10-15-37-13-8-17-43(51(37)45)53(41)55/h7-10,12-31,33,52-55H,4-6,11,32H2,1-3H3/b24-20-,25-21+. The summed E-state index contributed by atoms with van der Waals surface area (Å²) in [6.07, 6.45) is 13.6. The Hall–Kier alpha value is -5.86. The van der Waals surface area contributed by atoms with Crippen LogP contribution in [0, 0.1) is 5.92 Å². The maximum Gasteiger partial charge on any atom is 0.127 e. The quantitative estimate of drug-likeness (QED) is 0.116. The zero-order valence-electron chi connectivity index (χ0n) is 33.1. The van der Waals surface area contributed by atoms with E-state index in [1.807, 2.05) is 0 Å². The van der Waals surface area contributed by atoms with Gasteiger partial charge in [-0.05, 0) is 102 Å². The molecular weight excluding hydrogens is 693 g/mol. The van der Waals surface area contributed by atoms with E-state index in [-0.39, 0.29) is 0 Å². The fourth-order valence-electron chi connectivity index (χ4n) is 10.9. The molecule has 0 saturated heterocycles. The molecule has 0 spiro atoms. The first-order chi connectivity index (χ1) is 28.1. The van der Waals surface area contributed by atoms with Crippen LogP contribution in [0.1, 0.15) is 130 Å². The fraction of sp³-hybridized carbons (Fsp3) is 0.236. The second kappa shape index (κ2) is 13.7. The van der Waals surface area contributed by atoms with E-state index in [1.165, 1.54) is 96.4 Å². The van der Waals surface area contributed by atoms with E-state index in [9.17, 15) is 0 Å². The minimum atomic E-state index is 0.445. The van der Waals surface area contributed by atoms with E-state index in [1.54, 1.807) is 7.11 Å². The van der Waals surface area contributed by atoms with Crippen LogP contribution in [0.2, 0.25) is 0 Å². The Morgan fingerprint density at radius 1 is 0.509 bits per heavy atom. The van der Waals surface area contributed by atoms with E-state index >= 15 is 0 Å². The van der Waals surface area contributed by atoms with E-state index in [0.717, 1.165) is 29.0 Å². The lowest BCUT2D eigenvalue weighted by molar-refractivity contribution is 0.232. The number of hydrogen-bond donors (Lipinski definition) is 0. The molecule has 57 heavy (non-hydrogen) atoms. The summed E-state index contributed by atoms with van der Waals surface area (Å²) >= 11 is 0. The van der Waals surface area contributed by atoms with Gasteiger partial charge in [0.2, 0.25) is 0 Å². The largest absolute Gasteiger partial charge is 0.496 e. The lowest BCUT2D eigenvalue weighted by Gasteiger charge is -2.36. The van der Waals surface area contributed by atoms with Crippen molar-refractivity contribution in [3.05, 3.63) is 188 Å². The summed E-state index contributed by atoms with van der Waals surface area (Å²) < 4.78 is 12.8. The molecule has 4 aliphatic carbocycles. The molecule has 2 nitrogen and oxygen atoms in total. The van der Waals surface area contributed by atoms with Gasteiger partial charge in [-0.15, -0.1) is 0 Å². The number of ether oxygens (including phenoxy) is 2. The van der Waals surface area contributed by atoms with Crippen LogP contribution in [-0.2, 0) is 0 Å². The van der Waals surface area contributed by atoms with Crippen LogP contribution >= 0.6 is 0 Å². The Kier molecular flexibility index (Phi) is 8.24. The first kappa shape index (κ1) is 34.4. The summed E-state index contributed by atoms with van der Waals surface area (Å²) in [6.45, 7) is 5.27. The van der Waals surface area contributed by atoms with Gasteiger partial charge in [0.05, 0.1) is 13.7 Å². The summed E-state index contributed by atoms with van der Waals surface area (Å²) in [7, 11) is 1.77. The second-order valence-electron chi connectivity index (χ2n) is 16.8. The maximum absolute atomic E-state index is 6.76. The molecule has 0 N–H and O–H groups in total. The minimum Gasteiger partial charge on any atom is -0.496 e. The molecule has 7 aromatic rings. The number of rotatable bonds is 12. The number of hydrogen-bond acceptors (Lipinski definition) is 2. The highest BCUT2D eigenvalue weighted by atomic mass is 16.5. The van der Waals surface area contributed by atoms with Crippen LogP contribution < -0.4 is 9.47 Å².